The molecule has 3 rings (SSSR count). The van der Waals surface area contributed by atoms with Crippen molar-refractivity contribution in [3.63, 3.8) is 0 Å². The van der Waals surface area contributed by atoms with E-state index in [9.17, 15) is 0 Å². The molecule has 0 saturated carbocycles. The lowest BCUT2D eigenvalue weighted by molar-refractivity contribution is 1.03. The molecule has 3 aromatic rings. The fourth-order valence-electron chi connectivity index (χ4n) is 2.24. The van der Waals surface area contributed by atoms with Crippen LogP contribution >= 0.6 is 15.9 Å². The Balaban J connectivity index is 1.83. The van der Waals surface area contributed by atoms with Crippen LogP contribution in [0.3, 0.4) is 0 Å². The Hall–Kier alpha value is -2.13. The molecule has 0 radical (unpaired) electrons. The Morgan fingerprint density at radius 2 is 1.57 bits per heavy atom. The van der Waals surface area contributed by atoms with E-state index in [4.69, 9.17) is 0 Å². The average molecular weight is 339 g/mol. The van der Waals surface area contributed by atoms with Gasteiger partial charge in [0.2, 0.25) is 0 Å². The first-order valence-corrected chi connectivity index (χ1v) is 7.62. The minimum Gasteiger partial charge on any atom is -0.379 e. The quantitative estimate of drug-likeness (QED) is 0.667. The maximum atomic E-state index is 4.44. The maximum Gasteiger partial charge on any atom is 0.106 e. The molecule has 2 nitrogen and oxygen atoms in total. The summed E-state index contributed by atoms with van der Waals surface area (Å²) in [6.45, 7) is 0.698. The third kappa shape index (κ3) is 3.50. The van der Waals surface area contributed by atoms with Gasteiger partial charge >= 0.3 is 0 Å². The van der Waals surface area contributed by atoms with Crippen molar-refractivity contribution >= 4 is 21.6 Å². The lowest BCUT2D eigenvalue weighted by Crippen LogP contribution is -2.02. The van der Waals surface area contributed by atoms with E-state index in [1.54, 1.807) is 0 Å². The lowest BCUT2D eigenvalue weighted by Gasteiger charge is -2.12. The molecule has 0 aliphatic rings. The Kier molecular flexibility index (Phi) is 4.31. The number of nitrogens with one attached hydrogen (secondary N) is 1. The van der Waals surface area contributed by atoms with Gasteiger partial charge in [-0.15, -0.1) is 0 Å². The largest absolute Gasteiger partial charge is 0.379 e. The molecule has 0 aliphatic carbocycles. The van der Waals surface area contributed by atoms with Crippen LogP contribution in [0.4, 0.5) is 5.69 Å². The SMILES string of the molecule is Brc1cccc(CNc2ccccc2-c2ccccc2)n1. The molecule has 1 heterocycles. The van der Waals surface area contributed by atoms with Crippen LogP contribution in [0.1, 0.15) is 5.69 Å². The molecule has 0 atom stereocenters. The number of rotatable bonds is 4. The summed E-state index contributed by atoms with van der Waals surface area (Å²) >= 11 is 3.40. The predicted molar refractivity (Wildman–Crippen MR) is 91.1 cm³/mol. The highest BCUT2D eigenvalue weighted by molar-refractivity contribution is 9.10. The number of hydrogen-bond acceptors (Lipinski definition) is 2. The van der Waals surface area contributed by atoms with E-state index < -0.39 is 0 Å². The van der Waals surface area contributed by atoms with Gasteiger partial charge in [-0.05, 0) is 39.7 Å². The van der Waals surface area contributed by atoms with Crippen molar-refractivity contribution in [1.82, 2.24) is 4.98 Å². The van der Waals surface area contributed by atoms with Gasteiger partial charge in [0, 0.05) is 11.3 Å². The molecule has 2 aromatic carbocycles. The molecule has 3 heteroatoms. The molecule has 104 valence electrons. The average Bonchev–Trinajstić information content (AvgIpc) is 2.54. The molecule has 0 spiro atoms. The zero-order valence-corrected chi connectivity index (χ0v) is 13.0. The van der Waals surface area contributed by atoms with Crippen LogP contribution < -0.4 is 5.32 Å². The van der Waals surface area contributed by atoms with Crippen molar-refractivity contribution in [2.24, 2.45) is 0 Å². The summed E-state index contributed by atoms with van der Waals surface area (Å²) < 4.78 is 0.859. The Labute approximate surface area is 133 Å². The van der Waals surface area contributed by atoms with E-state index in [0.29, 0.717) is 6.54 Å². The second kappa shape index (κ2) is 6.55. The first-order chi connectivity index (χ1) is 10.3. The van der Waals surface area contributed by atoms with Crippen molar-refractivity contribution in [1.29, 1.82) is 0 Å². The highest BCUT2D eigenvalue weighted by Crippen LogP contribution is 2.27. The highest BCUT2D eigenvalue weighted by atomic mass is 79.9. The first-order valence-electron chi connectivity index (χ1n) is 6.83. The molecular formula is C18H15BrN2. The van der Waals surface area contributed by atoms with Gasteiger partial charge in [-0.1, -0.05) is 54.6 Å². The highest BCUT2D eigenvalue weighted by Gasteiger charge is 2.04. The summed E-state index contributed by atoms with van der Waals surface area (Å²) in [5, 5.41) is 3.47. The second-order valence-electron chi connectivity index (χ2n) is 4.72. The van der Waals surface area contributed by atoms with Crippen molar-refractivity contribution < 1.29 is 0 Å². The van der Waals surface area contributed by atoms with Gasteiger partial charge in [-0.3, -0.25) is 0 Å². The Morgan fingerprint density at radius 1 is 0.810 bits per heavy atom. The summed E-state index contributed by atoms with van der Waals surface area (Å²) in [6.07, 6.45) is 0. The zero-order chi connectivity index (χ0) is 14.5. The van der Waals surface area contributed by atoms with Gasteiger partial charge in [0.25, 0.3) is 0 Å². The summed E-state index contributed by atoms with van der Waals surface area (Å²) in [7, 11) is 0. The van der Waals surface area contributed by atoms with Crippen molar-refractivity contribution in [3.8, 4) is 11.1 Å². The zero-order valence-electron chi connectivity index (χ0n) is 11.5. The monoisotopic (exact) mass is 338 g/mol. The van der Waals surface area contributed by atoms with Gasteiger partial charge in [0.15, 0.2) is 0 Å². The van der Waals surface area contributed by atoms with E-state index in [0.717, 1.165) is 16.0 Å². The van der Waals surface area contributed by atoms with E-state index in [2.05, 4.69) is 68.7 Å². The van der Waals surface area contributed by atoms with E-state index >= 15 is 0 Å². The number of halogens is 1. The smallest absolute Gasteiger partial charge is 0.106 e. The van der Waals surface area contributed by atoms with Crippen molar-refractivity contribution in [2.45, 2.75) is 6.54 Å². The predicted octanol–water partition coefficient (Wildman–Crippen LogP) is 5.12. The van der Waals surface area contributed by atoms with Crippen LogP contribution in [0.15, 0.2) is 77.4 Å². The Morgan fingerprint density at radius 3 is 2.38 bits per heavy atom. The van der Waals surface area contributed by atoms with Gasteiger partial charge in [0.05, 0.1) is 12.2 Å². The number of aromatic nitrogens is 1. The minimum atomic E-state index is 0.698. The summed E-state index contributed by atoms with van der Waals surface area (Å²) in [6, 6.07) is 24.7. The minimum absolute atomic E-state index is 0.698. The van der Waals surface area contributed by atoms with Crippen LogP contribution in [-0.4, -0.2) is 4.98 Å². The summed E-state index contributed by atoms with van der Waals surface area (Å²) in [5.74, 6) is 0. The fraction of sp³-hybridized carbons (Fsp3) is 0.0556. The standard InChI is InChI=1S/C18H15BrN2/c19-18-12-6-9-15(21-18)13-20-17-11-5-4-10-16(17)14-7-2-1-3-8-14/h1-12,20H,13H2. The number of para-hydroxylation sites is 1. The van der Waals surface area contributed by atoms with Gasteiger partial charge in [-0.2, -0.15) is 0 Å². The van der Waals surface area contributed by atoms with Crippen LogP contribution in [0.5, 0.6) is 0 Å². The maximum absolute atomic E-state index is 4.44. The molecule has 21 heavy (non-hydrogen) atoms. The number of pyridine rings is 1. The van der Waals surface area contributed by atoms with E-state index in [-0.39, 0.29) is 0 Å². The normalized spacial score (nSPS) is 10.3. The van der Waals surface area contributed by atoms with Crippen LogP contribution in [-0.2, 0) is 6.54 Å². The molecule has 0 unspecified atom stereocenters. The lowest BCUT2D eigenvalue weighted by atomic mass is 10.0. The summed E-state index contributed by atoms with van der Waals surface area (Å²) in [4.78, 5) is 4.44. The number of benzene rings is 2. The number of hydrogen-bond donors (Lipinski definition) is 1. The molecule has 0 fully saturated rings. The number of anilines is 1. The summed E-state index contributed by atoms with van der Waals surface area (Å²) in [5.41, 5.74) is 4.54. The van der Waals surface area contributed by atoms with E-state index in [1.807, 2.05) is 30.3 Å². The van der Waals surface area contributed by atoms with Crippen molar-refractivity contribution in [2.75, 3.05) is 5.32 Å². The van der Waals surface area contributed by atoms with Gasteiger partial charge < -0.3 is 5.32 Å². The molecule has 0 amide bonds. The topological polar surface area (TPSA) is 24.9 Å². The second-order valence-corrected chi connectivity index (χ2v) is 5.53. The molecular weight excluding hydrogens is 324 g/mol. The fourth-order valence-corrected chi connectivity index (χ4v) is 2.62. The van der Waals surface area contributed by atoms with Gasteiger partial charge in [0.1, 0.15) is 4.60 Å². The molecule has 1 N–H and O–H groups in total. The van der Waals surface area contributed by atoms with E-state index in [1.165, 1.54) is 11.1 Å². The third-order valence-corrected chi connectivity index (χ3v) is 3.69. The molecule has 0 aliphatic heterocycles. The number of nitrogens with zero attached hydrogens (tertiary/aromatic N) is 1. The first kappa shape index (κ1) is 13.8. The van der Waals surface area contributed by atoms with Crippen LogP contribution in [0, 0.1) is 0 Å². The van der Waals surface area contributed by atoms with Crippen LogP contribution in [0.2, 0.25) is 0 Å². The third-order valence-electron chi connectivity index (χ3n) is 3.24. The Bertz CT molecular complexity index is 726. The van der Waals surface area contributed by atoms with Crippen molar-refractivity contribution in [3.05, 3.63) is 83.1 Å². The molecule has 0 bridgehead atoms. The molecule has 0 saturated heterocycles. The van der Waals surface area contributed by atoms with Gasteiger partial charge in [-0.25, -0.2) is 4.98 Å². The van der Waals surface area contributed by atoms with Crippen LogP contribution in [0.25, 0.3) is 11.1 Å². The molecule has 1 aromatic heterocycles.